The molecule has 1 aliphatic heterocycles. The normalized spacial score (nSPS) is 16.0. The summed E-state index contributed by atoms with van der Waals surface area (Å²) in [6, 6.07) is 0.392. The highest BCUT2D eigenvalue weighted by molar-refractivity contribution is 5.92. The fourth-order valence-electron chi connectivity index (χ4n) is 2.35. The van der Waals surface area contributed by atoms with Gasteiger partial charge >= 0.3 is 5.97 Å². The second-order valence-corrected chi connectivity index (χ2v) is 4.83. The van der Waals surface area contributed by atoms with Gasteiger partial charge in [0.25, 0.3) is 5.70 Å². The summed E-state index contributed by atoms with van der Waals surface area (Å²) in [7, 11) is 0. The third-order valence-corrected chi connectivity index (χ3v) is 3.37. The molecule has 1 heterocycles. The Bertz CT molecular complexity index is 499. The molecule has 1 unspecified atom stereocenters. The summed E-state index contributed by atoms with van der Waals surface area (Å²) in [5.41, 5.74) is 2.77. The molecule has 0 saturated heterocycles. The molecule has 0 aromatic heterocycles. The van der Waals surface area contributed by atoms with Gasteiger partial charge in [-0.2, -0.15) is 0 Å². The van der Waals surface area contributed by atoms with Crippen molar-refractivity contribution in [3.63, 3.8) is 0 Å². The van der Waals surface area contributed by atoms with E-state index in [4.69, 9.17) is 11.3 Å². The minimum absolute atomic E-state index is 0.0503. The molecule has 0 saturated carbocycles. The summed E-state index contributed by atoms with van der Waals surface area (Å²) >= 11 is 0. The number of esters is 1. The van der Waals surface area contributed by atoms with Crippen LogP contribution >= 0.6 is 0 Å². The van der Waals surface area contributed by atoms with Crippen LogP contribution in [0.25, 0.3) is 4.85 Å². The van der Waals surface area contributed by atoms with Gasteiger partial charge in [-0.15, -0.1) is 0 Å². The first-order chi connectivity index (χ1) is 9.46. The summed E-state index contributed by atoms with van der Waals surface area (Å²) in [4.78, 5) is 17.3. The van der Waals surface area contributed by atoms with E-state index in [2.05, 4.69) is 23.6 Å². The van der Waals surface area contributed by atoms with E-state index in [0.717, 1.165) is 17.8 Å². The third-order valence-electron chi connectivity index (χ3n) is 3.37. The fourth-order valence-corrected chi connectivity index (χ4v) is 2.35. The topological polar surface area (TPSA) is 33.9 Å². The van der Waals surface area contributed by atoms with Crippen molar-refractivity contribution in [2.75, 3.05) is 6.61 Å². The number of hydrogen-bond donors (Lipinski definition) is 0. The molecular formula is C16H22N2O2. The van der Waals surface area contributed by atoms with Crippen LogP contribution in [0.2, 0.25) is 0 Å². The molecule has 108 valence electrons. The van der Waals surface area contributed by atoms with Gasteiger partial charge in [0.1, 0.15) is 0 Å². The fraction of sp³-hybridized carbons (Fsp3) is 0.500. The lowest BCUT2D eigenvalue weighted by atomic mass is 10.0. The highest BCUT2D eigenvalue weighted by Gasteiger charge is 2.22. The Morgan fingerprint density at radius 3 is 2.30 bits per heavy atom. The molecule has 1 atom stereocenters. The van der Waals surface area contributed by atoms with Crippen LogP contribution in [0.3, 0.4) is 0 Å². The molecule has 0 radical (unpaired) electrons. The molecule has 20 heavy (non-hydrogen) atoms. The van der Waals surface area contributed by atoms with E-state index in [1.54, 1.807) is 6.92 Å². The molecule has 0 aromatic carbocycles. The van der Waals surface area contributed by atoms with Crippen LogP contribution in [0, 0.1) is 6.57 Å². The Morgan fingerprint density at radius 2 is 1.90 bits per heavy atom. The molecule has 0 N–H and O–H groups in total. The van der Waals surface area contributed by atoms with E-state index in [1.165, 1.54) is 0 Å². The molecule has 0 aromatic rings. The predicted octanol–water partition coefficient (Wildman–Crippen LogP) is 3.64. The highest BCUT2D eigenvalue weighted by Crippen LogP contribution is 2.28. The van der Waals surface area contributed by atoms with Crippen LogP contribution in [-0.4, -0.2) is 23.5 Å². The molecule has 4 nitrogen and oxygen atoms in total. The van der Waals surface area contributed by atoms with Crippen molar-refractivity contribution in [1.82, 2.24) is 4.90 Å². The molecule has 1 rings (SSSR count). The Hall–Kier alpha value is -2.02. The van der Waals surface area contributed by atoms with Crippen LogP contribution in [0.4, 0.5) is 0 Å². The Balaban J connectivity index is 3.21. The largest absolute Gasteiger partial charge is 0.471 e. The van der Waals surface area contributed by atoms with E-state index >= 15 is 0 Å². The number of carbonyl (C=O) groups excluding carboxylic acids is 1. The van der Waals surface area contributed by atoms with Crippen molar-refractivity contribution in [1.29, 1.82) is 0 Å². The monoisotopic (exact) mass is 274 g/mol. The van der Waals surface area contributed by atoms with Crippen LogP contribution in [0.15, 0.2) is 34.8 Å². The van der Waals surface area contributed by atoms with Crippen molar-refractivity contribution in [2.45, 2.75) is 47.1 Å². The van der Waals surface area contributed by atoms with Crippen molar-refractivity contribution in [2.24, 2.45) is 0 Å². The van der Waals surface area contributed by atoms with Crippen LogP contribution in [-0.2, 0) is 9.53 Å². The first kappa shape index (κ1) is 16.0. The number of allylic oxidation sites excluding steroid dienone is 5. The second kappa shape index (κ2) is 6.95. The van der Waals surface area contributed by atoms with Gasteiger partial charge in [-0.25, -0.2) is 4.85 Å². The van der Waals surface area contributed by atoms with E-state index in [-0.39, 0.29) is 12.3 Å². The van der Waals surface area contributed by atoms with Crippen molar-refractivity contribution < 1.29 is 9.53 Å². The maximum atomic E-state index is 11.8. The summed E-state index contributed by atoms with van der Waals surface area (Å²) in [6.07, 6.45) is 4.79. The zero-order chi connectivity index (χ0) is 15.3. The first-order valence-electron chi connectivity index (χ1n) is 6.90. The first-order valence-corrected chi connectivity index (χ1v) is 6.90. The molecular weight excluding hydrogens is 252 g/mol. The van der Waals surface area contributed by atoms with Gasteiger partial charge in [0.2, 0.25) is 0 Å². The summed E-state index contributed by atoms with van der Waals surface area (Å²) < 4.78 is 4.93. The maximum absolute atomic E-state index is 11.8. The Labute approximate surface area is 121 Å². The summed E-state index contributed by atoms with van der Waals surface area (Å²) in [5.74, 6) is -0.553. The van der Waals surface area contributed by atoms with Crippen LogP contribution < -0.4 is 0 Å². The Kier molecular flexibility index (Phi) is 5.57. The smallest absolute Gasteiger partial charge is 0.336 e. The Morgan fingerprint density at radius 1 is 1.35 bits per heavy atom. The van der Waals surface area contributed by atoms with Crippen molar-refractivity contribution in [3.8, 4) is 0 Å². The van der Waals surface area contributed by atoms with E-state index in [9.17, 15) is 4.79 Å². The molecule has 4 heteroatoms. The number of hydrogen-bond acceptors (Lipinski definition) is 3. The van der Waals surface area contributed by atoms with Gasteiger partial charge in [-0.1, -0.05) is 6.92 Å². The quantitative estimate of drug-likeness (QED) is 0.446. The SMILES string of the molecule is [C-]#[N+]C(C(=O)OCC)=C1C=C(C)N(C(C)CC)C(C)=C1. The van der Waals surface area contributed by atoms with Gasteiger partial charge < -0.3 is 9.64 Å². The number of carbonyl (C=O) groups is 1. The number of ether oxygens (including phenoxy) is 1. The molecule has 0 bridgehead atoms. The standard InChI is InChI=1S/C16H22N2O2/c1-7-11(3)18-12(4)9-14(10-13(18)5)15(17-6)16(19)20-8-2/h9-11H,7-8H2,1-5H3. The van der Waals surface area contributed by atoms with Gasteiger partial charge in [-0.05, 0) is 51.8 Å². The lowest BCUT2D eigenvalue weighted by Crippen LogP contribution is -2.31. The van der Waals surface area contributed by atoms with Gasteiger partial charge in [-0.3, -0.25) is 4.79 Å². The molecule has 1 aliphatic rings. The summed E-state index contributed by atoms with van der Waals surface area (Å²) in [6.45, 7) is 17.5. The number of rotatable bonds is 4. The zero-order valence-electron chi connectivity index (χ0n) is 12.9. The second-order valence-electron chi connectivity index (χ2n) is 4.83. The van der Waals surface area contributed by atoms with Crippen LogP contribution in [0.5, 0.6) is 0 Å². The van der Waals surface area contributed by atoms with E-state index in [0.29, 0.717) is 11.6 Å². The maximum Gasteiger partial charge on any atom is 0.336 e. The molecule has 0 aliphatic carbocycles. The molecule has 0 spiro atoms. The zero-order valence-corrected chi connectivity index (χ0v) is 12.9. The van der Waals surface area contributed by atoms with Gasteiger partial charge in [0, 0.05) is 17.4 Å². The van der Waals surface area contributed by atoms with Gasteiger partial charge in [0.15, 0.2) is 0 Å². The van der Waals surface area contributed by atoms with Crippen molar-refractivity contribution in [3.05, 3.63) is 46.2 Å². The van der Waals surface area contributed by atoms with Crippen LogP contribution in [0.1, 0.15) is 41.0 Å². The van der Waals surface area contributed by atoms with Crippen molar-refractivity contribution >= 4 is 5.97 Å². The lowest BCUT2D eigenvalue weighted by Gasteiger charge is -2.35. The highest BCUT2D eigenvalue weighted by atomic mass is 16.5. The number of nitrogens with zero attached hydrogens (tertiary/aromatic N) is 2. The van der Waals surface area contributed by atoms with Gasteiger partial charge in [0.05, 0.1) is 13.2 Å². The average molecular weight is 274 g/mol. The molecule has 0 fully saturated rings. The minimum Gasteiger partial charge on any atom is -0.471 e. The minimum atomic E-state index is -0.553. The summed E-state index contributed by atoms with van der Waals surface area (Å²) in [5, 5.41) is 0. The third kappa shape index (κ3) is 3.30. The van der Waals surface area contributed by atoms with E-state index in [1.807, 2.05) is 26.0 Å². The predicted molar refractivity (Wildman–Crippen MR) is 79.4 cm³/mol. The molecule has 0 amide bonds. The van der Waals surface area contributed by atoms with E-state index < -0.39 is 5.97 Å². The lowest BCUT2D eigenvalue weighted by molar-refractivity contribution is -0.138. The average Bonchev–Trinajstić information content (AvgIpc) is 2.38.